The summed E-state index contributed by atoms with van der Waals surface area (Å²) < 4.78 is 12.3. The van der Waals surface area contributed by atoms with E-state index in [1.807, 2.05) is 29.6 Å². The average Bonchev–Trinajstić information content (AvgIpc) is 3.30. The maximum Gasteiger partial charge on any atom is 0.344 e. The summed E-state index contributed by atoms with van der Waals surface area (Å²) in [4.78, 5) is 21.3. The van der Waals surface area contributed by atoms with Crippen LogP contribution in [0.4, 0.5) is 0 Å². The largest absolute Gasteiger partial charge is 0.497 e. The zero-order valence-electron chi connectivity index (χ0n) is 14.7. The molecule has 4 aromatic rings. The lowest BCUT2D eigenvalue weighted by atomic mass is 10.2. The number of carbonyl (C=O) groups is 1. The molecule has 0 N–H and O–H groups in total. The Bertz CT molecular complexity index is 1120. The molecule has 3 aromatic heterocycles. The number of ether oxygens (including phenoxy) is 2. The molecule has 0 fully saturated rings. The van der Waals surface area contributed by atoms with Gasteiger partial charge in [-0.2, -0.15) is 5.10 Å². The monoisotopic (exact) mass is 380 g/mol. The summed E-state index contributed by atoms with van der Waals surface area (Å²) in [5.41, 5.74) is 3.08. The fourth-order valence-corrected chi connectivity index (χ4v) is 3.51. The van der Waals surface area contributed by atoms with Gasteiger partial charge in [0, 0.05) is 23.3 Å². The van der Waals surface area contributed by atoms with Gasteiger partial charge in [-0.3, -0.25) is 0 Å². The fourth-order valence-electron chi connectivity index (χ4n) is 2.71. The lowest BCUT2D eigenvalue weighted by Crippen LogP contribution is -2.07. The predicted molar refractivity (Wildman–Crippen MR) is 101 cm³/mol. The van der Waals surface area contributed by atoms with Crippen molar-refractivity contribution in [1.29, 1.82) is 0 Å². The van der Waals surface area contributed by atoms with E-state index in [0.717, 1.165) is 16.3 Å². The Hall–Kier alpha value is -3.26. The Balaban J connectivity index is 1.50. The number of aromatic nitrogens is 4. The van der Waals surface area contributed by atoms with Gasteiger partial charge in [0.15, 0.2) is 5.65 Å². The molecule has 0 saturated carbocycles. The van der Waals surface area contributed by atoms with E-state index in [2.05, 4.69) is 15.1 Å². The molecular weight excluding hydrogens is 364 g/mol. The molecule has 1 aromatic carbocycles. The predicted octanol–water partition coefficient (Wildman–Crippen LogP) is 3.53. The minimum atomic E-state index is -0.461. The number of nitrogens with zero attached hydrogens (tertiary/aromatic N) is 4. The van der Waals surface area contributed by atoms with E-state index in [9.17, 15) is 4.79 Å². The summed E-state index contributed by atoms with van der Waals surface area (Å²) in [6, 6.07) is 9.43. The Kier molecular flexibility index (Phi) is 4.55. The smallest absolute Gasteiger partial charge is 0.344 e. The summed E-state index contributed by atoms with van der Waals surface area (Å²) in [6.07, 6.45) is 3.36. The third-order valence-corrected chi connectivity index (χ3v) is 4.93. The maximum atomic E-state index is 12.5. The molecule has 0 saturated heterocycles. The SMILES string of the molecule is COc1cccc(-c2nc(COC(=O)c3c(C)nn4cccnc34)cs2)c1. The van der Waals surface area contributed by atoms with Crippen LogP contribution in [0.15, 0.2) is 48.1 Å². The maximum absolute atomic E-state index is 12.5. The van der Waals surface area contributed by atoms with E-state index >= 15 is 0 Å². The molecule has 0 spiro atoms. The topological polar surface area (TPSA) is 78.6 Å². The normalized spacial score (nSPS) is 10.9. The van der Waals surface area contributed by atoms with Crippen molar-refractivity contribution in [3.05, 3.63) is 65.1 Å². The third-order valence-electron chi connectivity index (χ3n) is 3.99. The molecule has 8 heteroatoms. The molecule has 0 bridgehead atoms. The van der Waals surface area contributed by atoms with E-state index in [-0.39, 0.29) is 6.61 Å². The Labute approximate surface area is 159 Å². The fraction of sp³-hybridized carbons (Fsp3) is 0.158. The lowest BCUT2D eigenvalue weighted by Gasteiger charge is -2.03. The second-order valence-corrected chi connectivity index (χ2v) is 6.66. The van der Waals surface area contributed by atoms with Crippen LogP contribution in [0.1, 0.15) is 21.7 Å². The van der Waals surface area contributed by atoms with Gasteiger partial charge in [-0.05, 0) is 25.1 Å². The van der Waals surface area contributed by atoms with Crippen LogP contribution in [0.3, 0.4) is 0 Å². The van der Waals surface area contributed by atoms with E-state index < -0.39 is 5.97 Å². The number of hydrogen-bond acceptors (Lipinski definition) is 7. The molecular formula is C19H16N4O3S. The molecule has 0 unspecified atom stereocenters. The van der Waals surface area contributed by atoms with E-state index in [1.54, 1.807) is 37.0 Å². The average molecular weight is 380 g/mol. The number of aryl methyl sites for hydroxylation is 1. The van der Waals surface area contributed by atoms with Crippen molar-refractivity contribution >= 4 is 23.0 Å². The second-order valence-electron chi connectivity index (χ2n) is 5.80. The van der Waals surface area contributed by atoms with E-state index in [0.29, 0.717) is 22.6 Å². The van der Waals surface area contributed by atoms with Crippen LogP contribution in [0.2, 0.25) is 0 Å². The number of thiazole rings is 1. The van der Waals surface area contributed by atoms with Crippen molar-refractivity contribution in [2.75, 3.05) is 7.11 Å². The molecule has 0 radical (unpaired) electrons. The first kappa shape index (κ1) is 17.2. The highest BCUT2D eigenvalue weighted by Gasteiger charge is 2.20. The van der Waals surface area contributed by atoms with Crippen LogP contribution in [0.5, 0.6) is 5.75 Å². The van der Waals surface area contributed by atoms with Gasteiger partial charge in [0.25, 0.3) is 0 Å². The molecule has 0 amide bonds. The molecule has 3 heterocycles. The number of benzene rings is 1. The van der Waals surface area contributed by atoms with E-state index in [4.69, 9.17) is 9.47 Å². The van der Waals surface area contributed by atoms with Gasteiger partial charge >= 0.3 is 5.97 Å². The summed E-state index contributed by atoms with van der Waals surface area (Å²) in [5.74, 6) is 0.309. The Morgan fingerprint density at radius 2 is 2.19 bits per heavy atom. The number of carbonyl (C=O) groups excluding carboxylic acids is 1. The van der Waals surface area contributed by atoms with Crippen molar-refractivity contribution in [3.8, 4) is 16.3 Å². The molecule has 27 heavy (non-hydrogen) atoms. The van der Waals surface area contributed by atoms with Gasteiger partial charge in [0.1, 0.15) is 22.9 Å². The van der Waals surface area contributed by atoms with Gasteiger partial charge in [-0.15, -0.1) is 11.3 Å². The van der Waals surface area contributed by atoms with Crippen LogP contribution < -0.4 is 4.74 Å². The molecule has 4 rings (SSSR count). The van der Waals surface area contributed by atoms with Crippen LogP contribution >= 0.6 is 11.3 Å². The van der Waals surface area contributed by atoms with Crippen LogP contribution in [0.25, 0.3) is 16.2 Å². The molecule has 0 aliphatic rings. The van der Waals surface area contributed by atoms with Crippen molar-refractivity contribution in [2.24, 2.45) is 0 Å². The quantitative estimate of drug-likeness (QED) is 0.493. The van der Waals surface area contributed by atoms with Gasteiger partial charge in [0.2, 0.25) is 0 Å². The van der Waals surface area contributed by atoms with Gasteiger partial charge in [-0.25, -0.2) is 19.3 Å². The van der Waals surface area contributed by atoms with Crippen molar-refractivity contribution in [1.82, 2.24) is 19.6 Å². The third kappa shape index (κ3) is 3.39. The van der Waals surface area contributed by atoms with Gasteiger partial charge in [0.05, 0.1) is 18.5 Å². The number of fused-ring (bicyclic) bond motifs is 1. The summed E-state index contributed by atoms with van der Waals surface area (Å²) in [6.45, 7) is 1.85. The summed E-state index contributed by atoms with van der Waals surface area (Å²) in [7, 11) is 1.63. The minimum absolute atomic E-state index is 0.0862. The summed E-state index contributed by atoms with van der Waals surface area (Å²) in [5, 5.41) is 7.00. The zero-order valence-corrected chi connectivity index (χ0v) is 15.6. The van der Waals surface area contributed by atoms with Crippen molar-refractivity contribution < 1.29 is 14.3 Å². The van der Waals surface area contributed by atoms with Crippen molar-refractivity contribution in [3.63, 3.8) is 0 Å². The Morgan fingerprint density at radius 3 is 3.04 bits per heavy atom. The summed E-state index contributed by atoms with van der Waals surface area (Å²) >= 11 is 1.49. The Morgan fingerprint density at radius 1 is 1.30 bits per heavy atom. The highest BCUT2D eigenvalue weighted by atomic mass is 32.1. The van der Waals surface area contributed by atoms with E-state index in [1.165, 1.54) is 11.3 Å². The second kappa shape index (κ2) is 7.16. The first-order valence-electron chi connectivity index (χ1n) is 8.21. The number of methoxy groups -OCH3 is 1. The standard InChI is InChI=1S/C19H16N4O3S/c1-12-16(17-20-7-4-8-23(17)22-12)19(24)26-10-14-11-27-18(21-14)13-5-3-6-15(9-13)25-2/h3-9,11H,10H2,1-2H3. The number of rotatable bonds is 5. The highest BCUT2D eigenvalue weighted by molar-refractivity contribution is 7.13. The van der Waals surface area contributed by atoms with Crippen LogP contribution in [-0.4, -0.2) is 32.7 Å². The van der Waals surface area contributed by atoms with Gasteiger partial charge in [-0.1, -0.05) is 12.1 Å². The molecule has 0 aliphatic carbocycles. The van der Waals surface area contributed by atoms with Gasteiger partial charge < -0.3 is 9.47 Å². The molecule has 0 aliphatic heterocycles. The molecule has 7 nitrogen and oxygen atoms in total. The minimum Gasteiger partial charge on any atom is -0.497 e. The first-order chi connectivity index (χ1) is 13.2. The molecule has 136 valence electrons. The lowest BCUT2D eigenvalue weighted by molar-refractivity contribution is 0.0469. The van der Waals surface area contributed by atoms with Crippen LogP contribution in [0, 0.1) is 6.92 Å². The first-order valence-corrected chi connectivity index (χ1v) is 9.09. The number of esters is 1. The zero-order chi connectivity index (χ0) is 18.8. The highest BCUT2D eigenvalue weighted by Crippen LogP contribution is 2.27. The number of hydrogen-bond donors (Lipinski definition) is 0. The van der Waals surface area contributed by atoms with Crippen LogP contribution in [-0.2, 0) is 11.3 Å². The van der Waals surface area contributed by atoms with Crippen molar-refractivity contribution in [2.45, 2.75) is 13.5 Å². The molecule has 0 atom stereocenters.